The third-order valence-electron chi connectivity index (χ3n) is 3.07. The van der Waals surface area contributed by atoms with Gasteiger partial charge >= 0.3 is 0 Å². The summed E-state index contributed by atoms with van der Waals surface area (Å²) in [6.45, 7) is 3.87. The van der Waals surface area contributed by atoms with Crippen molar-refractivity contribution in [3.8, 4) is 0 Å². The van der Waals surface area contributed by atoms with Crippen LogP contribution in [0.4, 0.5) is 0 Å². The van der Waals surface area contributed by atoms with Gasteiger partial charge in [0.25, 0.3) is 0 Å². The molecule has 0 saturated heterocycles. The molecule has 0 unspecified atom stereocenters. The highest BCUT2D eigenvalue weighted by Gasteiger charge is 2.20. The molecular weight excluding hydrogens is 315 g/mol. The first kappa shape index (κ1) is 15.4. The summed E-state index contributed by atoms with van der Waals surface area (Å²) in [5.74, 6) is -0.0842. The molecule has 0 aliphatic heterocycles. The maximum Gasteiger partial charge on any atom is 0.184 e. The van der Waals surface area contributed by atoms with Crippen LogP contribution in [-0.2, 0) is 15.6 Å². The van der Waals surface area contributed by atoms with Gasteiger partial charge in [0.1, 0.15) is 0 Å². The first-order valence-corrected chi connectivity index (χ1v) is 8.44. The fourth-order valence-electron chi connectivity index (χ4n) is 2.01. The normalized spacial score (nSPS) is 11.6. The van der Waals surface area contributed by atoms with E-state index < -0.39 is 9.84 Å². The van der Waals surface area contributed by atoms with Crippen LogP contribution in [0.1, 0.15) is 16.7 Å². The van der Waals surface area contributed by atoms with Gasteiger partial charge in [-0.2, -0.15) is 0 Å². The molecule has 0 aliphatic carbocycles. The molecule has 2 aromatic carbocycles. The molecule has 0 N–H and O–H groups in total. The largest absolute Gasteiger partial charge is 0.223 e. The van der Waals surface area contributed by atoms with E-state index in [2.05, 4.69) is 0 Å². The van der Waals surface area contributed by atoms with E-state index in [0.717, 1.165) is 16.7 Å². The quantitative estimate of drug-likeness (QED) is 0.826. The number of sulfone groups is 1. The van der Waals surface area contributed by atoms with Crippen LogP contribution in [0, 0.1) is 13.8 Å². The molecule has 0 amide bonds. The van der Waals surface area contributed by atoms with Gasteiger partial charge in [-0.25, -0.2) is 8.42 Å². The maximum absolute atomic E-state index is 12.5. The second-order valence-electron chi connectivity index (χ2n) is 4.76. The van der Waals surface area contributed by atoms with E-state index in [0.29, 0.717) is 5.02 Å². The van der Waals surface area contributed by atoms with Crippen molar-refractivity contribution in [3.63, 3.8) is 0 Å². The Balaban J connectivity index is 2.43. The Hall–Kier alpha value is -1.03. The van der Waals surface area contributed by atoms with Crippen LogP contribution in [0.15, 0.2) is 41.3 Å². The van der Waals surface area contributed by atoms with Gasteiger partial charge in [0.2, 0.25) is 0 Å². The first-order chi connectivity index (χ1) is 9.29. The predicted octanol–water partition coefficient (Wildman–Crippen LogP) is 4.58. The minimum absolute atomic E-state index is 0.0756. The van der Waals surface area contributed by atoms with Crippen LogP contribution >= 0.6 is 23.2 Å². The Morgan fingerprint density at radius 1 is 1.00 bits per heavy atom. The van der Waals surface area contributed by atoms with Crippen molar-refractivity contribution in [2.75, 3.05) is 0 Å². The highest BCUT2D eigenvalue weighted by atomic mass is 35.5. The molecule has 0 saturated carbocycles. The Labute approximate surface area is 129 Å². The fraction of sp³-hybridized carbons (Fsp3) is 0.200. The summed E-state index contributed by atoms with van der Waals surface area (Å²) in [4.78, 5) is 0.0756. The van der Waals surface area contributed by atoms with Crippen LogP contribution in [-0.4, -0.2) is 8.42 Å². The van der Waals surface area contributed by atoms with Gasteiger partial charge in [-0.15, -0.1) is 0 Å². The highest BCUT2D eigenvalue weighted by molar-refractivity contribution is 7.90. The number of hydrogen-bond donors (Lipinski definition) is 0. The topological polar surface area (TPSA) is 34.1 Å². The predicted molar refractivity (Wildman–Crippen MR) is 83.3 cm³/mol. The Morgan fingerprint density at radius 2 is 1.70 bits per heavy atom. The molecule has 0 bridgehead atoms. The van der Waals surface area contributed by atoms with Crippen molar-refractivity contribution in [1.29, 1.82) is 0 Å². The SMILES string of the molecule is Cc1ccc(CS(=O)(=O)c2cc(Cl)ccc2Cl)c(C)c1. The molecule has 0 radical (unpaired) electrons. The van der Waals surface area contributed by atoms with Crippen molar-refractivity contribution in [2.24, 2.45) is 0 Å². The second kappa shape index (κ2) is 5.76. The summed E-state index contributed by atoms with van der Waals surface area (Å²) in [7, 11) is -3.52. The number of rotatable bonds is 3. The Bertz CT molecular complexity index is 752. The second-order valence-corrected chi connectivity index (χ2v) is 7.57. The fourth-order valence-corrected chi connectivity index (χ4v) is 4.27. The molecule has 5 heteroatoms. The zero-order chi connectivity index (χ0) is 14.9. The van der Waals surface area contributed by atoms with Crippen LogP contribution in [0.25, 0.3) is 0 Å². The molecule has 2 rings (SSSR count). The van der Waals surface area contributed by atoms with E-state index >= 15 is 0 Å². The van der Waals surface area contributed by atoms with Crippen LogP contribution in [0.5, 0.6) is 0 Å². The zero-order valence-corrected chi connectivity index (χ0v) is 13.5. The molecule has 0 heterocycles. The molecule has 0 aromatic heterocycles. The van der Waals surface area contributed by atoms with Gasteiger partial charge in [0.05, 0.1) is 15.7 Å². The third kappa shape index (κ3) is 3.35. The van der Waals surface area contributed by atoms with E-state index in [9.17, 15) is 8.42 Å². The van der Waals surface area contributed by atoms with Crippen molar-refractivity contribution >= 4 is 33.0 Å². The summed E-state index contributed by atoms with van der Waals surface area (Å²) in [6, 6.07) is 10.2. The van der Waals surface area contributed by atoms with Gasteiger partial charge in [-0.3, -0.25) is 0 Å². The van der Waals surface area contributed by atoms with Gasteiger partial charge in [-0.1, -0.05) is 47.0 Å². The van der Waals surface area contributed by atoms with Crippen LogP contribution < -0.4 is 0 Å². The minimum atomic E-state index is -3.52. The van der Waals surface area contributed by atoms with E-state index in [-0.39, 0.29) is 15.7 Å². The summed E-state index contributed by atoms with van der Waals surface area (Å²) in [5.41, 5.74) is 2.82. The van der Waals surface area contributed by atoms with Crippen molar-refractivity contribution < 1.29 is 8.42 Å². The third-order valence-corrected chi connectivity index (χ3v) is 5.45. The summed E-state index contributed by atoms with van der Waals surface area (Å²) in [6.07, 6.45) is 0. The molecule has 20 heavy (non-hydrogen) atoms. The van der Waals surface area contributed by atoms with Crippen molar-refractivity contribution in [3.05, 3.63) is 63.1 Å². The average Bonchev–Trinajstić information content (AvgIpc) is 2.35. The van der Waals surface area contributed by atoms with Gasteiger partial charge < -0.3 is 0 Å². The minimum Gasteiger partial charge on any atom is -0.223 e. The summed E-state index contributed by atoms with van der Waals surface area (Å²) >= 11 is 11.8. The van der Waals surface area contributed by atoms with E-state index in [1.807, 2.05) is 32.0 Å². The van der Waals surface area contributed by atoms with Gasteiger partial charge in [-0.05, 0) is 43.2 Å². The molecular formula is C15H14Cl2O2S. The van der Waals surface area contributed by atoms with Crippen LogP contribution in [0.2, 0.25) is 10.0 Å². The van der Waals surface area contributed by atoms with E-state index in [4.69, 9.17) is 23.2 Å². The molecule has 2 aromatic rings. The van der Waals surface area contributed by atoms with Crippen molar-refractivity contribution in [1.82, 2.24) is 0 Å². The molecule has 106 valence electrons. The number of halogens is 2. The molecule has 0 fully saturated rings. The zero-order valence-electron chi connectivity index (χ0n) is 11.2. The number of aryl methyl sites for hydroxylation is 2. The lowest BCUT2D eigenvalue weighted by Crippen LogP contribution is -2.07. The molecule has 0 aliphatic rings. The summed E-state index contributed by atoms with van der Waals surface area (Å²) in [5, 5.41) is 0.549. The van der Waals surface area contributed by atoms with Gasteiger partial charge in [0.15, 0.2) is 9.84 Å². The lowest BCUT2D eigenvalue weighted by molar-refractivity contribution is 0.595. The molecule has 0 spiro atoms. The molecule has 2 nitrogen and oxygen atoms in total. The number of benzene rings is 2. The average molecular weight is 329 g/mol. The monoisotopic (exact) mass is 328 g/mol. The highest BCUT2D eigenvalue weighted by Crippen LogP contribution is 2.28. The Kier molecular flexibility index (Phi) is 4.43. The molecule has 0 atom stereocenters. The van der Waals surface area contributed by atoms with Crippen LogP contribution in [0.3, 0.4) is 0 Å². The lowest BCUT2D eigenvalue weighted by atomic mass is 10.1. The Morgan fingerprint density at radius 3 is 2.35 bits per heavy atom. The van der Waals surface area contributed by atoms with Gasteiger partial charge in [0, 0.05) is 5.02 Å². The first-order valence-electron chi connectivity index (χ1n) is 6.03. The standard InChI is InChI=1S/C15H14Cl2O2S/c1-10-3-4-12(11(2)7-10)9-20(18,19)15-8-13(16)5-6-14(15)17/h3-8H,9H2,1-2H3. The van der Waals surface area contributed by atoms with E-state index in [1.54, 1.807) is 6.07 Å². The maximum atomic E-state index is 12.5. The summed E-state index contributed by atoms with van der Waals surface area (Å²) < 4.78 is 24.9. The van der Waals surface area contributed by atoms with Crippen molar-refractivity contribution in [2.45, 2.75) is 24.5 Å². The smallest absolute Gasteiger partial charge is 0.184 e. The number of hydrogen-bond acceptors (Lipinski definition) is 2. The lowest BCUT2D eigenvalue weighted by Gasteiger charge is -2.10. The van der Waals surface area contributed by atoms with E-state index in [1.165, 1.54) is 12.1 Å².